The van der Waals surface area contributed by atoms with E-state index in [4.69, 9.17) is 9.47 Å². The number of hydrogen-bond donors (Lipinski definition) is 0. The van der Waals surface area contributed by atoms with Crippen LogP contribution in [0.15, 0.2) is 0 Å². The van der Waals surface area contributed by atoms with Gasteiger partial charge in [-0.25, -0.2) is 8.78 Å². The van der Waals surface area contributed by atoms with Crippen molar-refractivity contribution >= 4 is 11.8 Å². The van der Waals surface area contributed by atoms with Gasteiger partial charge in [0.2, 0.25) is 0 Å². The molecule has 0 amide bonds. The van der Waals surface area contributed by atoms with Crippen LogP contribution in [0.1, 0.15) is 77.6 Å². The fourth-order valence-electron chi connectivity index (χ4n) is 6.08. The highest BCUT2D eigenvalue weighted by atomic mass is 32.2. The molecule has 0 radical (unpaired) electrons. The third kappa shape index (κ3) is 4.56. The van der Waals surface area contributed by atoms with Gasteiger partial charge in [0.1, 0.15) is 12.3 Å². The van der Waals surface area contributed by atoms with E-state index in [0.717, 1.165) is 51.6 Å². The second kappa shape index (κ2) is 9.96. The minimum absolute atomic E-state index is 0.0746. The fourth-order valence-corrected chi connectivity index (χ4v) is 8.17. The van der Waals surface area contributed by atoms with Crippen molar-refractivity contribution in [2.24, 2.45) is 17.8 Å². The second-order valence-electron chi connectivity index (χ2n) is 9.58. The maximum Gasteiger partial charge on any atom is 0.138 e. The van der Waals surface area contributed by atoms with Crippen molar-refractivity contribution in [2.75, 3.05) is 13.2 Å². The minimum Gasteiger partial charge on any atom is -0.375 e. The van der Waals surface area contributed by atoms with E-state index >= 15 is 8.78 Å². The van der Waals surface area contributed by atoms with E-state index in [2.05, 4.69) is 6.92 Å². The molecule has 0 spiro atoms. The van der Waals surface area contributed by atoms with Crippen molar-refractivity contribution in [1.29, 1.82) is 0 Å². The second-order valence-corrected chi connectivity index (χ2v) is 10.9. The number of thioether (sulfide) groups is 1. The number of halogens is 2. The average molecular weight is 417 g/mol. The van der Waals surface area contributed by atoms with E-state index in [1.54, 1.807) is 11.8 Å². The number of fused-ring (bicyclic) bond motifs is 3. The Kier molecular flexibility index (Phi) is 7.60. The Morgan fingerprint density at radius 3 is 2.00 bits per heavy atom. The highest BCUT2D eigenvalue weighted by Crippen LogP contribution is 2.56. The van der Waals surface area contributed by atoms with Gasteiger partial charge < -0.3 is 9.47 Å². The zero-order valence-electron chi connectivity index (χ0n) is 17.4. The standard InChI is InChI=1S/C23H38F2O2S/c1-2-3-6-13-26-18-11-9-16-17-10-12-19(27-14-15-7-4-5-8-15)21(25)23(17)28-22(16)20(18)24/h15-23H,2-14H2,1H3. The highest BCUT2D eigenvalue weighted by molar-refractivity contribution is 8.00. The van der Waals surface area contributed by atoms with Crippen molar-refractivity contribution in [2.45, 2.75) is 113 Å². The molecular weight excluding hydrogens is 378 g/mol. The van der Waals surface area contributed by atoms with Gasteiger partial charge in [0.25, 0.3) is 0 Å². The van der Waals surface area contributed by atoms with Gasteiger partial charge in [-0.1, -0.05) is 32.6 Å². The lowest BCUT2D eigenvalue weighted by Crippen LogP contribution is -2.45. The average Bonchev–Trinajstić information content (AvgIpc) is 3.35. The van der Waals surface area contributed by atoms with E-state index < -0.39 is 12.3 Å². The summed E-state index contributed by atoms with van der Waals surface area (Å²) in [5, 5.41) is -0.152. The first-order valence-corrected chi connectivity index (χ1v) is 12.8. The topological polar surface area (TPSA) is 18.5 Å². The summed E-state index contributed by atoms with van der Waals surface area (Å²) in [6.07, 6.45) is 9.54. The third-order valence-electron chi connectivity index (χ3n) is 7.72. The molecule has 3 aliphatic carbocycles. The summed E-state index contributed by atoms with van der Waals surface area (Å²) in [5.41, 5.74) is 0. The van der Waals surface area contributed by atoms with E-state index in [1.165, 1.54) is 25.7 Å². The Balaban J connectivity index is 1.30. The molecule has 5 heteroatoms. The quantitative estimate of drug-likeness (QED) is 0.444. The molecule has 2 nitrogen and oxygen atoms in total. The van der Waals surface area contributed by atoms with Crippen LogP contribution < -0.4 is 0 Å². The molecule has 8 atom stereocenters. The molecule has 28 heavy (non-hydrogen) atoms. The highest BCUT2D eigenvalue weighted by Gasteiger charge is 2.56. The van der Waals surface area contributed by atoms with Crippen LogP contribution in [0, 0.1) is 17.8 Å². The Morgan fingerprint density at radius 1 is 0.786 bits per heavy atom. The lowest BCUT2D eigenvalue weighted by atomic mass is 9.71. The molecule has 1 heterocycles. The van der Waals surface area contributed by atoms with Gasteiger partial charge in [-0.15, -0.1) is 11.8 Å². The van der Waals surface area contributed by atoms with Crippen LogP contribution >= 0.6 is 11.8 Å². The number of alkyl halides is 2. The molecule has 3 saturated carbocycles. The van der Waals surface area contributed by atoms with Crippen LogP contribution in [-0.2, 0) is 9.47 Å². The van der Waals surface area contributed by atoms with Gasteiger partial charge in [-0.3, -0.25) is 0 Å². The molecular formula is C23H38F2O2S. The van der Waals surface area contributed by atoms with Crippen LogP contribution in [0.2, 0.25) is 0 Å². The van der Waals surface area contributed by atoms with E-state index in [1.807, 2.05) is 0 Å². The monoisotopic (exact) mass is 416 g/mol. The van der Waals surface area contributed by atoms with Gasteiger partial charge in [0, 0.05) is 23.7 Å². The summed E-state index contributed by atoms with van der Waals surface area (Å²) < 4.78 is 42.5. The Hall–Kier alpha value is 0.130. The molecule has 8 unspecified atom stereocenters. The lowest BCUT2D eigenvalue weighted by molar-refractivity contribution is -0.0606. The Bertz CT molecular complexity index is 487. The number of unbranched alkanes of at least 4 members (excludes halogenated alkanes) is 2. The molecule has 0 aromatic heterocycles. The zero-order chi connectivity index (χ0) is 19.5. The molecule has 4 rings (SSSR count). The number of hydrogen-bond acceptors (Lipinski definition) is 3. The molecule has 0 aromatic rings. The first-order valence-electron chi connectivity index (χ1n) is 11.9. The largest absolute Gasteiger partial charge is 0.375 e. The van der Waals surface area contributed by atoms with Crippen LogP contribution in [0.4, 0.5) is 8.78 Å². The smallest absolute Gasteiger partial charge is 0.138 e. The Morgan fingerprint density at radius 2 is 1.39 bits per heavy atom. The van der Waals surface area contributed by atoms with Crippen molar-refractivity contribution in [3.63, 3.8) is 0 Å². The van der Waals surface area contributed by atoms with Crippen molar-refractivity contribution in [1.82, 2.24) is 0 Å². The van der Waals surface area contributed by atoms with Gasteiger partial charge >= 0.3 is 0 Å². The summed E-state index contributed by atoms with van der Waals surface area (Å²) in [6, 6.07) is 0. The molecule has 162 valence electrons. The van der Waals surface area contributed by atoms with Crippen molar-refractivity contribution in [3.8, 4) is 0 Å². The molecule has 4 fully saturated rings. The normalized spacial score (nSPS) is 43.8. The molecule has 1 saturated heterocycles. The van der Waals surface area contributed by atoms with Gasteiger partial charge in [0.05, 0.1) is 12.2 Å². The first-order chi connectivity index (χ1) is 13.7. The van der Waals surface area contributed by atoms with Crippen LogP contribution in [0.25, 0.3) is 0 Å². The van der Waals surface area contributed by atoms with E-state index in [0.29, 0.717) is 24.4 Å². The summed E-state index contributed by atoms with van der Waals surface area (Å²) in [7, 11) is 0. The fraction of sp³-hybridized carbons (Fsp3) is 1.00. The summed E-state index contributed by atoms with van der Waals surface area (Å²) >= 11 is 1.59. The summed E-state index contributed by atoms with van der Waals surface area (Å²) in [6.45, 7) is 3.55. The van der Waals surface area contributed by atoms with E-state index in [-0.39, 0.29) is 22.7 Å². The predicted molar refractivity (Wildman–Crippen MR) is 111 cm³/mol. The van der Waals surface area contributed by atoms with Gasteiger partial charge in [0.15, 0.2) is 0 Å². The molecule has 0 N–H and O–H groups in total. The maximum atomic E-state index is 15.3. The predicted octanol–water partition coefficient (Wildman–Crippen LogP) is 6.12. The summed E-state index contributed by atoms with van der Waals surface area (Å²) in [5.74, 6) is 1.29. The maximum absolute atomic E-state index is 15.3. The van der Waals surface area contributed by atoms with Crippen molar-refractivity contribution < 1.29 is 18.3 Å². The lowest BCUT2D eigenvalue weighted by Gasteiger charge is -2.39. The minimum atomic E-state index is -0.943. The van der Waals surface area contributed by atoms with Crippen molar-refractivity contribution in [3.05, 3.63) is 0 Å². The van der Waals surface area contributed by atoms with Crippen LogP contribution in [0.5, 0.6) is 0 Å². The van der Waals surface area contributed by atoms with Crippen LogP contribution in [-0.4, -0.2) is 48.3 Å². The first kappa shape index (κ1) is 21.4. The molecule has 0 aromatic carbocycles. The SMILES string of the molecule is CCCCCOC1CCC2C3CCC(OCC4CCCC4)C(F)C3SC2C1F. The zero-order valence-corrected chi connectivity index (χ0v) is 18.2. The van der Waals surface area contributed by atoms with Crippen LogP contribution in [0.3, 0.4) is 0 Å². The summed E-state index contributed by atoms with van der Waals surface area (Å²) in [4.78, 5) is 0. The van der Waals surface area contributed by atoms with Gasteiger partial charge in [-0.05, 0) is 62.7 Å². The van der Waals surface area contributed by atoms with E-state index in [9.17, 15) is 0 Å². The molecule has 0 bridgehead atoms. The molecule has 1 aliphatic heterocycles. The number of ether oxygens (including phenoxy) is 2. The number of rotatable bonds is 8. The Labute approximate surface area is 173 Å². The molecule has 4 aliphatic rings. The van der Waals surface area contributed by atoms with Gasteiger partial charge in [-0.2, -0.15) is 0 Å². The third-order valence-corrected chi connectivity index (χ3v) is 9.56.